The number of halogens is 1. The molecule has 5 heteroatoms. The number of carbonyl (C=O) groups excluding carboxylic acids is 1. The number of aliphatic hydroxyl groups excluding tert-OH is 1. The molecule has 0 fully saturated rings. The van der Waals surface area contributed by atoms with Gasteiger partial charge in [-0.1, -0.05) is 11.6 Å². The molecule has 0 bridgehead atoms. The van der Waals surface area contributed by atoms with E-state index in [1.807, 2.05) is 0 Å². The van der Waals surface area contributed by atoms with Crippen LogP contribution < -0.4 is 5.32 Å². The minimum absolute atomic E-state index is 0.236. The summed E-state index contributed by atoms with van der Waals surface area (Å²) in [7, 11) is 1.74. The number of aliphatic hydroxyl groups is 1. The van der Waals surface area contributed by atoms with E-state index in [0.29, 0.717) is 10.7 Å². The topological polar surface area (TPSA) is 54.3 Å². The lowest BCUT2D eigenvalue weighted by atomic mass is 10.3. The number of hydrogen-bond donors (Lipinski definition) is 2. The van der Waals surface area contributed by atoms with Crippen molar-refractivity contribution < 1.29 is 9.90 Å². The van der Waals surface area contributed by atoms with E-state index in [2.05, 4.69) is 5.32 Å². The second kappa shape index (κ2) is 4.48. The Hall–Kier alpha value is -1.00. The molecule has 1 atom stereocenters. The van der Waals surface area contributed by atoms with Crippen molar-refractivity contribution in [3.8, 4) is 0 Å². The number of carbonyl (C=O) groups is 1. The van der Waals surface area contributed by atoms with Crippen LogP contribution in [-0.4, -0.2) is 28.2 Å². The molecule has 0 spiro atoms. The maximum atomic E-state index is 11.5. The van der Waals surface area contributed by atoms with Crippen LogP contribution in [-0.2, 0) is 7.05 Å². The Balaban J connectivity index is 2.65. The monoisotopic (exact) mass is 216 g/mol. The Bertz CT molecular complexity index is 334. The SMILES string of the molecule is CC(O)CNC(=O)c1cc(Cl)cn1C. The Morgan fingerprint density at radius 1 is 1.79 bits per heavy atom. The summed E-state index contributed by atoms with van der Waals surface area (Å²) in [5, 5.41) is 12.1. The molecular weight excluding hydrogens is 204 g/mol. The van der Waals surface area contributed by atoms with E-state index in [9.17, 15) is 4.79 Å². The van der Waals surface area contributed by atoms with Gasteiger partial charge in [-0.05, 0) is 13.0 Å². The Morgan fingerprint density at radius 3 is 2.86 bits per heavy atom. The van der Waals surface area contributed by atoms with Gasteiger partial charge >= 0.3 is 0 Å². The molecular formula is C9H13ClN2O2. The van der Waals surface area contributed by atoms with Gasteiger partial charge in [0.25, 0.3) is 5.91 Å². The van der Waals surface area contributed by atoms with Crippen LogP contribution in [0.15, 0.2) is 12.3 Å². The van der Waals surface area contributed by atoms with Crippen LogP contribution in [0.3, 0.4) is 0 Å². The predicted octanol–water partition coefficient (Wildman–Crippen LogP) is 0.789. The van der Waals surface area contributed by atoms with E-state index in [4.69, 9.17) is 16.7 Å². The van der Waals surface area contributed by atoms with E-state index in [-0.39, 0.29) is 12.5 Å². The number of rotatable bonds is 3. The molecule has 0 aliphatic heterocycles. The predicted molar refractivity (Wildman–Crippen MR) is 54.4 cm³/mol. The summed E-state index contributed by atoms with van der Waals surface area (Å²) in [6, 6.07) is 1.58. The Morgan fingerprint density at radius 2 is 2.43 bits per heavy atom. The van der Waals surface area contributed by atoms with Crippen LogP contribution in [0.2, 0.25) is 5.02 Å². The number of nitrogens with zero attached hydrogens (tertiary/aromatic N) is 1. The van der Waals surface area contributed by atoms with Gasteiger partial charge in [-0.2, -0.15) is 0 Å². The molecule has 4 nitrogen and oxygen atoms in total. The number of nitrogens with one attached hydrogen (secondary N) is 1. The molecule has 0 aliphatic rings. The van der Waals surface area contributed by atoms with Gasteiger partial charge in [0.2, 0.25) is 0 Å². The van der Waals surface area contributed by atoms with Crippen LogP contribution in [0.4, 0.5) is 0 Å². The third kappa shape index (κ3) is 2.75. The van der Waals surface area contributed by atoms with Crippen LogP contribution in [0.1, 0.15) is 17.4 Å². The van der Waals surface area contributed by atoms with Crippen molar-refractivity contribution in [3.05, 3.63) is 23.0 Å². The number of amides is 1. The first-order valence-electron chi connectivity index (χ1n) is 4.29. The van der Waals surface area contributed by atoms with E-state index >= 15 is 0 Å². The minimum atomic E-state index is -0.547. The fraction of sp³-hybridized carbons (Fsp3) is 0.444. The zero-order valence-corrected chi connectivity index (χ0v) is 8.88. The van der Waals surface area contributed by atoms with Crippen molar-refractivity contribution >= 4 is 17.5 Å². The number of aryl methyl sites for hydroxylation is 1. The zero-order valence-electron chi connectivity index (χ0n) is 8.12. The maximum Gasteiger partial charge on any atom is 0.268 e. The Kier molecular flexibility index (Phi) is 3.55. The van der Waals surface area contributed by atoms with Crippen molar-refractivity contribution in [1.82, 2.24) is 9.88 Å². The molecule has 14 heavy (non-hydrogen) atoms. The first-order chi connectivity index (χ1) is 6.50. The first kappa shape index (κ1) is 11.1. The molecule has 0 radical (unpaired) electrons. The van der Waals surface area contributed by atoms with E-state index in [1.54, 1.807) is 30.8 Å². The van der Waals surface area contributed by atoms with Crippen LogP contribution in [0.25, 0.3) is 0 Å². The lowest BCUT2D eigenvalue weighted by Gasteiger charge is -2.07. The van der Waals surface area contributed by atoms with Gasteiger partial charge in [0.1, 0.15) is 5.69 Å². The van der Waals surface area contributed by atoms with Gasteiger partial charge in [0.15, 0.2) is 0 Å². The van der Waals surface area contributed by atoms with Gasteiger partial charge in [-0.15, -0.1) is 0 Å². The molecule has 78 valence electrons. The fourth-order valence-corrected chi connectivity index (χ4v) is 1.33. The second-order valence-electron chi connectivity index (χ2n) is 3.21. The molecule has 1 amide bonds. The van der Waals surface area contributed by atoms with Gasteiger partial charge < -0.3 is 15.0 Å². The molecule has 0 saturated carbocycles. The van der Waals surface area contributed by atoms with Gasteiger partial charge in [-0.25, -0.2) is 0 Å². The third-order valence-corrected chi connectivity index (χ3v) is 1.97. The molecule has 1 aromatic rings. The largest absolute Gasteiger partial charge is 0.392 e. The summed E-state index contributed by atoms with van der Waals surface area (Å²) in [5.41, 5.74) is 0.482. The Labute approximate surface area is 87.5 Å². The second-order valence-corrected chi connectivity index (χ2v) is 3.65. The summed E-state index contributed by atoms with van der Waals surface area (Å²) in [5.74, 6) is -0.236. The van der Waals surface area contributed by atoms with Crippen LogP contribution in [0.5, 0.6) is 0 Å². The van der Waals surface area contributed by atoms with Crippen molar-refractivity contribution in [3.63, 3.8) is 0 Å². The molecule has 1 rings (SSSR count). The first-order valence-corrected chi connectivity index (χ1v) is 4.66. The third-order valence-electron chi connectivity index (χ3n) is 1.76. The average molecular weight is 217 g/mol. The molecule has 1 aromatic heterocycles. The average Bonchev–Trinajstić information content (AvgIpc) is 2.41. The van der Waals surface area contributed by atoms with Gasteiger partial charge in [0.05, 0.1) is 11.1 Å². The highest BCUT2D eigenvalue weighted by Crippen LogP contribution is 2.12. The van der Waals surface area contributed by atoms with Crippen molar-refractivity contribution in [2.45, 2.75) is 13.0 Å². The van der Waals surface area contributed by atoms with Crippen molar-refractivity contribution in [2.24, 2.45) is 7.05 Å². The summed E-state index contributed by atoms with van der Waals surface area (Å²) < 4.78 is 1.64. The van der Waals surface area contributed by atoms with Crippen molar-refractivity contribution in [2.75, 3.05) is 6.54 Å². The summed E-state index contributed by atoms with van der Waals surface area (Å²) in [6.07, 6.45) is 1.11. The van der Waals surface area contributed by atoms with Crippen molar-refractivity contribution in [1.29, 1.82) is 0 Å². The molecule has 2 N–H and O–H groups in total. The molecule has 1 heterocycles. The molecule has 1 unspecified atom stereocenters. The van der Waals surface area contributed by atoms with Crippen LogP contribution in [0, 0.1) is 0 Å². The number of hydrogen-bond acceptors (Lipinski definition) is 2. The highest BCUT2D eigenvalue weighted by atomic mass is 35.5. The minimum Gasteiger partial charge on any atom is -0.392 e. The van der Waals surface area contributed by atoms with Gasteiger partial charge in [-0.3, -0.25) is 4.79 Å². The van der Waals surface area contributed by atoms with Crippen LogP contribution >= 0.6 is 11.6 Å². The summed E-state index contributed by atoms with van der Waals surface area (Å²) in [4.78, 5) is 11.5. The lowest BCUT2D eigenvalue weighted by Crippen LogP contribution is -2.31. The standard InChI is InChI=1S/C9H13ClN2O2/c1-6(13)4-11-9(14)8-3-7(10)5-12(8)2/h3,5-6,13H,4H2,1-2H3,(H,11,14). The van der Waals surface area contributed by atoms with E-state index in [1.165, 1.54) is 0 Å². The quantitative estimate of drug-likeness (QED) is 0.785. The molecule has 0 aromatic carbocycles. The fourth-order valence-electron chi connectivity index (χ4n) is 1.08. The molecule has 0 aliphatic carbocycles. The van der Waals surface area contributed by atoms with E-state index in [0.717, 1.165) is 0 Å². The van der Waals surface area contributed by atoms with E-state index < -0.39 is 6.10 Å². The highest BCUT2D eigenvalue weighted by Gasteiger charge is 2.10. The highest BCUT2D eigenvalue weighted by molar-refractivity contribution is 6.31. The van der Waals surface area contributed by atoms with Gasteiger partial charge in [0, 0.05) is 19.8 Å². The maximum absolute atomic E-state index is 11.5. The summed E-state index contributed by atoms with van der Waals surface area (Å²) >= 11 is 5.72. The molecule has 0 saturated heterocycles. The smallest absolute Gasteiger partial charge is 0.268 e. The summed E-state index contributed by atoms with van der Waals surface area (Å²) in [6.45, 7) is 1.85. The normalized spacial score (nSPS) is 12.6. The zero-order chi connectivity index (χ0) is 10.7. The number of aromatic nitrogens is 1. The lowest BCUT2D eigenvalue weighted by molar-refractivity contribution is 0.0916.